The van der Waals surface area contributed by atoms with Crippen molar-refractivity contribution < 1.29 is 8.91 Å². The maximum Gasteiger partial charge on any atom is 0.260 e. The Hall–Kier alpha value is -1.75. The Morgan fingerprint density at radius 3 is 2.94 bits per heavy atom. The van der Waals surface area contributed by atoms with Gasteiger partial charge in [-0.15, -0.1) is 0 Å². The molecule has 0 bridgehead atoms. The summed E-state index contributed by atoms with van der Waals surface area (Å²) in [6.07, 6.45) is 1.43. The highest BCUT2D eigenvalue weighted by Gasteiger charge is 2.12. The lowest BCUT2D eigenvalue weighted by Crippen LogP contribution is -2.01. The van der Waals surface area contributed by atoms with Crippen LogP contribution in [0.15, 0.2) is 22.7 Å². The van der Waals surface area contributed by atoms with Gasteiger partial charge in [0.2, 0.25) is 0 Å². The zero-order chi connectivity index (χ0) is 12.3. The molecule has 5 heteroatoms. The molecule has 0 fully saturated rings. The number of rotatable bonds is 4. The summed E-state index contributed by atoms with van der Waals surface area (Å²) in [7, 11) is 0. The van der Waals surface area contributed by atoms with Gasteiger partial charge in [-0.1, -0.05) is 11.2 Å². The molecular weight excluding hydrogens is 221 g/mol. The summed E-state index contributed by atoms with van der Waals surface area (Å²) in [6.45, 7) is 2.40. The van der Waals surface area contributed by atoms with E-state index in [-0.39, 0.29) is 11.7 Å². The summed E-state index contributed by atoms with van der Waals surface area (Å²) in [5.41, 5.74) is 6.58. The van der Waals surface area contributed by atoms with Crippen molar-refractivity contribution in [3.8, 4) is 11.5 Å². The number of aryl methyl sites for hydroxylation is 2. The minimum absolute atomic E-state index is 0.217. The van der Waals surface area contributed by atoms with Crippen molar-refractivity contribution in [2.24, 2.45) is 5.73 Å². The maximum atomic E-state index is 13.6. The molecule has 0 saturated heterocycles. The minimum atomic E-state index is -0.348. The number of nitrogens with zero attached hydrogens (tertiary/aromatic N) is 2. The highest BCUT2D eigenvalue weighted by Crippen LogP contribution is 2.21. The third-order valence-electron chi connectivity index (χ3n) is 2.43. The second-order valence-corrected chi connectivity index (χ2v) is 3.89. The quantitative estimate of drug-likeness (QED) is 0.881. The van der Waals surface area contributed by atoms with Crippen LogP contribution in [-0.2, 0) is 6.42 Å². The zero-order valence-electron chi connectivity index (χ0n) is 9.61. The van der Waals surface area contributed by atoms with Crippen LogP contribution in [0.5, 0.6) is 0 Å². The fourth-order valence-corrected chi connectivity index (χ4v) is 1.52. The first-order valence-electron chi connectivity index (χ1n) is 5.50. The second kappa shape index (κ2) is 5.05. The van der Waals surface area contributed by atoms with Crippen LogP contribution in [0.3, 0.4) is 0 Å². The Balaban J connectivity index is 2.24. The highest BCUT2D eigenvalue weighted by molar-refractivity contribution is 5.54. The van der Waals surface area contributed by atoms with E-state index >= 15 is 0 Å². The van der Waals surface area contributed by atoms with Crippen LogP contribution in [0.2, 0.25) is 0 Å². The summed E-state index contributed by atoms with van der Waals surface area (Å²) < 4.78 is 18.7. The third-order valence-corrected chi connectivity index (χ3v) is 2.43. The topological polar surface area (TPSA) is 64.9 Å². The Morgan fingerprint density at radius 2 is 2.24 bits per heavy atom. The fourth-order valence-electron chi connectivity index (χ4n) is 1.52. The van der Waals surface area contributed by atoms with Gasteiger partial charge < -0.3 is 10.3 Å². The Bertz CT molecular complexity index is 510. The molecule has 0 unspecified atom stereocenters. The van der Waals surface area contributed by atoms with Crippen molar-refractivity contribution in [3.63, 3.8) is 0 Å². The molecule has 1 heterocycles. The van der Waals surface area contributed by atoms with E-state index in [4.69, 9.17) is 10.3 Å². The van der Waals surface area contributed by atoms with Crippen molar-refractivity contribution >= 4 is 0 Å². The van der Waals surface area contributed by atoms with Crippen LogP contribution in [0.25, 0.3) is 11.5 Å². The van der Waals surface area contributed by atoms with Gasteiger partial charge in [0.25, 0.3) is 5.89 Å². The van der Waals surface area contributed by atoms with E-state index < -0.39 is 0 Å². The van der Waals surface area contributed by atoms with Crippen LogP contribution in [-0.4, -0.2) is 16.7 Å². The summed E-state index contributed by atoms with van der Waals surface area (Å²) in [5, 5.41) is 3.79. The second-order valence-electron chi connectivity index (χ2n) is 3.89. The molecule has 1 aromatic heterocycles. The molecule has 4 nitrogen and oxygen atoms in total. The van der Waals surface area contributed by atoms with Gasteiger partial charge in [-0.2, -0.15) is 4.98 Å². The average Bonchev–Trinajstić information content (AvgIpc) is 2.75. The van der Waals surface area contributed by atoms with Gasteiger partial charge in [-0.25, -0.2) is 4.39 Å². The smallest absolute Gasteiger partial charge is 0.260 e. The summed E-state index contributed by atoms with van der Waals surface area (Å²) >= 11 is 0. The molecule has 90 valence electrons. The van der Waals surface area contributed by atoms with E-state index in [1.54, 1.807) is 6.07 Å². The normalized spacial score (nSPS) is 10.8. The molecule has 0 aliphatic heterocycles. The predicted molar refractivity (Wildman–Crippen MR) is 61.8 cm³/mol. The first-order chi connectivity index (χ1) is 8.20. The van der Waals surface area contributed by atoms with Gasteiger partial charge in [0.1, 0.15) is 5.82 Å². The number of benzene rings is 1. The van der Waals surface area contributed by atoms with Crippen LogP contribution in [0, 0.1) is 12.7 Å². The van der Waals surface area contributed by atoms with Crippen molar-refractivity contribution in [3.05, 3.63) is 35.4 Å². The summed E-state index contributed by atoms with van der Waals surface area (Å²) in [4.78, 5) is 4.14. The van der Waals surface area contributed by atoms with Gasteiger partial charge in [0, 0.05) is 6.42 Å². The Morgan fingerprint density at radius 1 is 1.41 bits per heavy atom. The van der Waals surface area contributed by atoms with E-state index in [2.05, 4.69) is 10.1 Å². The van der Waals surface area contributed by atoms with Gasteiger partial charge >= 0.3 is 0 Å². The monoisotopic (exact) mass is 235 g/mol. The van der Waals surface area contributed by atoms with E-state index in [1.165, 1.54) is 6.07 Å². The standard InChI is InChI=1S/C12H14FN3O/c1-8-4-5-9(10(13)7-8)12-15-11(16-17-12)3-2-6-14/h4-5,7H,2-3,6,14H2,1H3. The average molecular weight is 235 g/mol. The predicted octanol–water partition coefficient (Wildman–Crippen LogP) is 2.08. The molecule has 0 amide bonds. The van der Waals surface area contributed by atoms with Crippen molar-refractivity contribution in [2.45, 2.75) is 19.8 Å². The van der Waals surface area contributed by atoms with Gasteiger partial charge in [0.05, 0.1) is 5.56 Å². The van der Waals surface area contributed by atoms with Crippen LogP contribution in [0.1, 0.15) is 17.8 Å². The van der Waals surface area contributed by atoms with Crippen LogP contribution in [0.4, 0.5) is 4.39 Å². The lowest BCUT2D eigenvalue weighted by atomic mass is 10.1. The van der Waals surface area contributed by atoms with Crippen LogP contribution >= 0.6 is 0 Å². The van der Waals surface area contributed by atoms with Gasteiger partial charge in [-0.3, -0.25) is 0 Å². The fraction of sp³-hybridized carbons (Fsp3) is 0.333. The molecule has 2 rings (SSSR count). The molecule has 0 aliphatic rings. The number of hydrogen-bond acceptors (Lipinski definition) is 4. The first-order valence-corrected chi connectivity index (χ1v) is 5.50. The first kappa shape index (κ1) is 11.7. The highest BCUT2D eigenvalue weighted by atomic mass is 19.1. The molecule has 17 heavy (non-hydrogen) atoms. The summed E-state index contributed by atoms with van der Waals surface area (Å²) in [5.74, 6) is 0.430. The number of halogens is 1. The number of hydrogen-bond donors (Lipinski definition) is 1. The molecule has 0 radical (unpaired) electrons. The lowest BCUT2D eigenvalue weighted by Gasteiger charge is -1.97. The SMILES string of the molecule is Cc1ccc(-c2nc(CCCN)no2)c(F)c1. The Kier molecular flexibility index (Phi) is 3.49. The van der Waals surface area contributed by atoms with Crippen molar-refractivity contribution in [2.75, 3.05) is 6.54 Å². The van der Waals surface area contributed by atoms with E-state index in [0.29, 0.717) is 24.4 Å². The zero-order valence-corrected chi connectivity index (χ0v) is 9.61. The number of aromatic nitrogens is 2. The third kappa shape index (κ3) is 2.68. The van der Waals surface area contributed by atoms with Gasteiger partial charge in [0.15, 0.2) is 5.82 Å². The van der Waals surface area contributed by atoms with Crippen LogP contribution < -0.4 is 5.73 Å². The molecule has 0 saturated carbocycles. The molecule has 2 aromatic rings. The largest absolute Gasteiger partial charge is 0.334 e. The molecular formula is C12H14FN3O. The van der Waals surface area contributed by atoms with Crippen molar-refractivity contribution in [1.82, 2.24) is 10.1 Å². The minimum Gasteiger partial charge on any atom is -0.334 e. The lowest BCUT2D eigenvalue weighted by molar-refractivity contribution is 0.419. The molecule has 0 spiro atoms. The molecule has 2 N–H and O–H groups in total. The molecule has 1 aromatic carbocycles. The van der Waals surface area contributed by atoms with Gasteiger partial charge in [-0.05, 0) is 37.6 Å². The number of nitrogens with two attached hydrogens (primary N) is 1. The van der Waals surface area contributed by atoms with E-state index in [1.807, 2.05) is 13.0 Å². The van der Waals surface area contributed by atoms with Crippen molar-refractivity contribution in [1.29, 1.82) is 0 Å². The summed E-state index contributed by atoms with van der Waals surface area (Å²) in [6, 6.07) is 4.89. The maximum absolute atomic E-state index is 13.6. The van der Waals surface area contributed by atoms with E-state index in [9.17, 15) is 4.39 Å². The Labute approximate surface area is 98.6 Å². The molecule has 0 aliphatic carbocycles. The van der Waals surface area contributed by atoms with E-state index in [0.717, 1.165) is 12.0 Å². The molecule has 0 atom stereocenters.